The molecule has 14 heavy (non-hydrogen) atoms. The molecule has 0 aromatic rings. The number of thioether (sulfide) groups is 1. The second-order valence-electron chi connectivity index (χ2n) is 4.06. The van der Waals surface area contributed by atoms with Gasteiger partial charge in [0.15, 0.2) is 0 Å². The first-order chi connectivity index (χ1) is 6.76. The van der Waals surface area contributed by atoms with Crippen molar-refractivity contribution in [2.24, 2.45) is 5.92 Å². The van der Waals surface area contributed by atoms with Gasteiger partial charge in [0.1, 0.15) is 4.75 Å². The van der Waals surface area contributed by atoms with Gasteiger partial charge in [0.05, 0.1) is 6.61 Å². The number of carbonyl (C=O) groups is 1. The van der Waals surface area contributed by atoms with Crippen LogP contribution in [0, 0.1) is 5.92 Å². The summed E-state index contributed by atoms with van der Waals surface area (Å²) in [5.41, 5.74) is 0. The summed E-state index contributed by atoms with van der Waals surface area (Å²) in [5, 5.41) is 9.34. The van der Waals surface area contributed by atoms with Gasteiger partial charge in [-0.05, 0) is 31.4 Å². The Morgan fingerprint density at radius 3 is 2.86 bits per heavy atom. The maximum absolute atomic E-state index is 11.3. The molecule has 0 aromatic carbocycles. The number of carboxylic acids is 1. The van der Waals surface area contributed by atoms with E-state index in [1.807, 2.05) is 0 Å². The van der Waals surface area contributed by atoms with Crippen molar-refractivity contribution in [3.8, 4) is 0 Å². The molecule has 2 fully saturated rings. The third kappa shape index (κ3) is 1.65. The number of carboxylic acid groups (broad SMARTS) is 1. The second-order valence-corrected chi connectivity index (χ2v) is 5.49. The van der Waals surface area contributed by atoms with Gasteiger partial charge in [-0.15, -0.1) is 11.8 Å². The predicted molar refractivity (Wildman–Crippen MR) is 55.6 cm³/mol. The van der Waals surface area contributed by atoms with Crippen LogP contribution in [0.5, 0.6) is 0 Å². The fourth-order valence-electron chi connectivity index (χ4n) is 2.44. The molecule has 0 radical (unpaired) electrons. The van der Waals surface area contributed by atoms with E-state index in [2.05, 4.69) is 0 Å². The Kier molecular flexibility index (Phi) is 3.02. The smallest absolute Gasteiger partial charge is 0.320 e. The molecule has 0 bridgehead atoms. The van der Waals surface area contributed by atoms with Gasteiger partial charge in [-0.1, -0.05) is 0 Å². The van der Waals surface area contributed by atoms with Gasteiger partial charge in [-0.25, -0.2) is 0 Å². The average Bonchev–Trinajstić information content (AvgIpc) is 2.69. The van der Waals surface area contributed by atoms with E-state index in [0.717, 1.165) is 38.0 Å². The van der Waals surface area contributed by atoms with Gasteiger partial charge in [-0.3, -0.25) is 4.79 Å². The molecule has 2 aliphatic rings. The number of aliphatic carboxylic acids is 1. The highest BCUT2D eigenvalue weighted by molar-refractivity contribution is 8.01. The first-order valence-electron chi connectivity index (χ1n) is 5.21. The summed E-state index contributed by atoms with van der Waals surface area (Å²) < 4.78 is 4.87. The normalized spacial score (nSPS) is 38.4. The topological polar surface area (TPSA) is 46.5 Å². The van der Waals surface area contributed by atoms with E-state index in [1.165, 1.54) is 0 Å². The van der Waals surface area contributed by atoms with E-state index >= 15 is 0 Å². The zero-order valence-electron chi connectivity index (χ0n) is 8.20. The lowest BCUT2D eigenvalue weighted by Gasteiger charge is -2.35. The van der Waals surface area contributed by atoms with E-state index in [1.54, 1.807) is 11.8 Å². The summed E-state index contributed by atoms with van der Waals surface area (Å²) in [6.45, 7) is 1.44. The molecule has 2 aliphatic heterocycles. The van der Waals surface area contributed by atoms with Crippen molar-refractivity contribution in [2.75, 3.05) is 19.0 Å². The molecule has 3 nitrogen and oxygen atoms in total. The summed E-state index contributed by atoms with van der Waals surface area (Å²) in [5.74, 6) is 0.583. The molecule has 0 spiro atoms. The van der Waals surface area contributed by atoms with Crippen LogP contribution in [-0.4, -0.2) is 34.8 Å². The number of hydrogen-bond acceptors (Lipinski definition) is 3. The molecule has 1 N–H and O–H groups in total. The Bertz CT molecular complexity index is 217. The van der Waals surface area contributed by atoms with Crippen LogP contribution in [0.4, 0.5) is 0 Å². The lowest BCUT2D eigenvalue weighted by atomic mass is 9.84. The second kappa shape index (κ2) is 4.11. The van der Waals surface area contributed by atoms with Crippen LogP contribution in [0.1, 0.15) is 25.7 Å². The molecule has 0 aromatic heterocycles. The maximum Gasteiger partial charge on any atom is 0.320 e. The first kappa shape index (κ1) is 10.3. The predicted octanol–water partition coefficient (Wildman–Crippen LogP) is 1.76. The third-order valence-electron chi connectivity index (χ3n) is 3.23. The van der Waals surface area contributed by atoms with Crippen molar-refractivity contribution < 1.29 is 14.6 Å². The van der Waals surface area contributed by atoms with Crippen molar-refractivity contribution in [3.05, 3.63) is 0 Å². The van der Waals surface area contributed by atoms with Gasteiger partial charge in [0, 0.05) is 12.5 Å². The van der Waals surface area contributed by atoms with Crippen LogP contribution in [0.2, 0.25) is 0 Å². The maximum atomic E-state index is 11.3. The molecule has 2 rings (SSSR count). The molecule has 0 aliphatic carbocycles. The minimum atomic E-state index is -0.629. The quantitative estimate of drug-likeness (QED) is 0.764. The Morgan fingerprint density at radius 1 is 1.50 bits per heavy atom. The molecule has 0 amide bonds. The van der Waals surface area contributed by atoms with Crippen LogP contribution in [0.25, 0.3) is 0 Å². The van der Waals surface area contributed by atoms with Crippen LogP contribution in [0.3, 0.4) is 0 Å². The highest BCUT2D eigenvalue weighted by Crippen LogP contribution is 2.46. The summed E-state index contributed by atoms with van der Waals surface area (Å²) in [4.78, 5) is 11.3. The first-order valence-corrected chi connectivity index (χ1v) is 6.19. The summed E-state index contributed by atoms with van der Waals surface area (Å²) in [6.07, 6.45) is 3.88. The fourth-order valence-corrected chi connectivity index (χ4v) is 3.92. The lowest BCUT2D eigenvalue weighted by Crippen LogP contribution is -2.44. The van der Waals surface area contributed by atoms with Crippen molar-refractivity contribution >= 4 is 17.7 Å². The number of ether oxygens (including phenoxy) is 1. The molecule has 2 heterocycles. The zero-order chi connectivity index (χ0) is 10.0. The van der Waals surface area contributed by atoms with E-state index in [4.69, 9.17) is 4.74 Å². The van der Waals surface area contributed by atoms with Crippen LogP contribution >= 0.6 is 11.8 Å². The van der Waals surface area contributed by atoms with Crippen LogP contribution in [-0.2, 0) is 9.53 Å². The molecule has 2 unspecified atom stereocenters. The van der Waals surface area contributed by atoms with E-state index in [-0.39, 0.29) is 5.92 Å². The van der Waals surface area contributed by atoms with Gasteiger partial charge in [-0.2, -0.15) is 0 Å². The SMILES string of the molecule is O=C(O)C1(C2CCCOC2)CCCS1. The molecule has 0 saturated carbocycles. The van der Waals surface area contributed by atoms with Crippen LogP contribution < -0.4 is 0 Å². The molecule has 2 atom stereocenters. The monoisotopic (exact) mass is 216 g/mol. The Hall–Kier alpha value is -0.220. The van der Waals surface area contributed by atoms with Gasteiger partial charge in [0.2, 0.25) is 0 Å². The molecular formula is C10H16O3S. The van der Waals surface area contributed by atoms with Crippen molar-refractivity contribution in [1.82, 2.24) is 0 Å². The van der Waals surface area contributed by atoms with Gasteiger partial charge in [0.25, 0.3) is 0 Å². The number of hydrogen-bond donors (Lipinski definition) is 1. The Labute approximate surface area is 88.2 Å². The fraction of sp³-hybridized carbons (Fsp3) is 0.900. The average molecular weight is 216 g/mol. The standard InChI is InChI=1S/C10H16O3S/c11-9(12)10(4-2-6-14-10)8-3-1-5-13-7-8/h8H,1-7H2,(H,11,12). The molecule has 4 heteroatoms. The highest BCUT2D eigenvalue weighted by Gasteiger charge is 2.49. The zero-order valence-corrected chi connectivity index (χ0v) is 9.02. The molecule has 2 saturated heterocycles. The summed E-state index contributed by atoms with van der Waals surface area (Å²) in [6, 6.07) is 0. The van der Waals surface area contributed by atoms with Crippen molar-refractivity contribution in [2.45, 2.75) is 30.4 Å². The summed E-state index contributed by atoms with van der Waals surface area (Å²) >= 11 is 1.62. The van der Waals surface area contributed by atoms with Crippen molar-refractivity contribution in [1.29, 1.82) is 0 Å². The Morgan fingerprint density at radius 2 is 2.36 bits per heavy atom. The molecular weight excluding hydrogens is 200 g/mol. The van der Waals surface area contributed by atoms with Gasteiger partial charge >= 0.3 is 5.97 Å². The van der Waals surface area contributed by atoms with E-state index < -0.39 is 10.7 Å². The third-order valence-corrected chi connectivity index (χ3v) is 4.95. The lowest BCUT2D eigenvalue weighted by molar-refractivity contribution is -0.143. The molecule has 80 valence electrons. The largest absolute Gasteiger partial charge is 0.480 e. The van der Waals surface area contributed by atoms with Crippen LogP contribution in [0.15, 0.2) is 0 Å². The minimum Gasteiger partial charge on any atom is -0.480 e. The van der Waals surface area contributed by atoms with E-state index in [0.29, 0.717) is 6.61 Å². The number of rotatable bonds is 2. The highest BCUT2D eigenvalue weighted by atomic mass is 32.2. The minimum absolute atomic E-state index is 0.223. The van der Waals surface area contributed by atoms with Gasteiger partial charge < -0.3 is 9.84 Å². The van der Waals surface area contributed by atoms with E-state index in [9.17, 15) is 9.90 Å². The Balaban J connectivity index is 2.12. The van der Waals surface area contributed by atoms with Crippen molar-refractivity contribution in [3.63, 3.8) is 0 Å². The summed E-state index contributed by atoms with van der Waals surface area (Å²) in [7, 11) is 0.